The fourth-order valence-corrected chi connectivity index (χ4v) is 5.01. The number of nitrogens with one attached hydrogen (secondary N) is 1. The summed E-state index contributed by atoms with van der Waals surface area (Å²) in [6.07, 6.45) is 2.20. The Hall–Kier alpha value is -3.02. The topological polar surface area (TPSA) is 61.5 Å². The standard InChI is InChI=1S/C26H32N4O2/c1-17(2)19-8-10-29(11-9-19)26(31)30-12-13-32-25-7-5-20(14-22(25)16-30)21-4-6-23-24(15-21)28-18(3)27-23/h4-7,14-15,17,19H,8-13,16H2,1-3H3,(H,27,28). The van der Waals surface area contributed by atoms with E-state index in [9.17, 15) is 4.79 Å². The number of aryl methyl sites for hydroxylation is 1. The Bertz CT molecular complexity index is 1130. The first-order chi connectivity index (χ1) is 15.5. The van der Waals surface area contributed by atoms with Crippen molar-refractivity contribution in [3.63, 3.8) is 0 Å². The molecule has 168 valence electrons. The maximum absolute atomic E-state index is 13.3. The van der Waals surface area contributed by atoms with Gasteiger partial charge < -0.3 is 19.5 Å². The molecule has 0 aliphatic carbocycles. The molecule has 2 aromatic carbocycles. The van der Waals surface area contributed by atoms with Crippen molar-refractivity contribution >= 4 is 17.1 Å². The predicted octanol–water partition coefficient (Wildman–Crippen LogP) is 5.22. The molecule has 1 saturated heterocycles. The number of carbonyl (C=O) groups is 1. The van der Waals surface area contributed by atoms with Gasteiger partial charge in [0.15, 0.2) is 0 Å². The fourth-order valence-electron chi connectivity index (χ4n) is 5.01. The summed E-state index contributed by atoms with van der Waals surface area (Å²) in [7, 11) is 0. The number of nitrogens with zero attached hydrogens (tertiary/aromatic N) is 3. The lowest BCUT2D eigenvalue weighted by molar-refractivity contribution is 0.119. The van der Waals surface area contributed by atoms with E-state index in [-0.39, 0.29) is 6.03 Å². The molecule has 1 fully saturated rings. The number of imidazole rings is 1. The fraction of sp³-hybridized carbons (Fsp3) is 0.462. The van der Waals surface area contributed by atoms with E-state index < -0.39 is 0 Å². The van der Waals surface area contributed by atoms with Crippen molar-refractivity contribution in [3.05, 3.63) is 47.8 Å². The molecule has 3 aromatic rings. The number of rotatable bonds is 2. The van der Waals surface area contributed by atoms with Gasteiger partial charge in [-0.2, -0.15) is 0 Å². The summed E-state index contributed by atoms with van der Waals surface area (Å²) in [5.41, 5.74) is 5.32. The Morgan fingerprint density at radius 3 is 2.59 bits per heavy atom. The van der Waals surface area contributed by atoms with Crippen molar-refractivity contribution < 1.29 is 9.53 Å². The van der Waals surface area contributed by atoms with Gasteiger partial charge in [-0.1, -0.05) is 26.0 Å². The quantitative estimate of drug-likeness (QED) is 0.604. The van der Waals surface area contributed by atoms with Crippen LogP contribution in [-0.4, -0.2) is 52.0 Å². The van der Waals surface area contributed by atoms with E-state index >= 15 is 0 Å². The first-order valence-corrected chi connectivity index (χ1v) is 11.7. The van der Waals surface area contributed by atoms with Crippen LogP contribution in [0.4, 0.5) is 4.79 Å². The second-order valence-electron chi connectivity index (χ2n) is 9.50. The molecule has 2 aliphatic heterocycles. The van der Waals surface area contributed by atoms with Gasteiger partial charge in [0.2, 0.25) is 0 Å². The number of benzene rings is 2. The van der Waals surface area contributed by atoms with Crippen molar-refractivity contribution in [2.75, 3.05) is 26.2 Å². The SMILES string of the molecule is Cc1nc2ccc(-c3ccc4c(c3)CN(C(=O)N3CCC(C(C)C)CC3)CCO4)cc2[nH]1. The average Bonchev–Trinajstić information content (AvgIpc) is 3.04. The third-order valence-electron chi connectivity index (χ3n) is 7.00. The Morgan fingerprint density at radius 1 is 1.06 bits per heavy atom. The molecule has 0 atom stereocenters. The number of ether oxygens (including phenoxy) is 1. The van der Waals surface area contributed by atoms with E-state index in [1.165, 1.54) is 0 Å². The molecule has 0 bridgehead atoms. The van der Waals surface area contributed by atoms with Crippen molar-refractivity contribution in [2.45, 2.75) is 40.2 Å². The normalized spacial score (nSPS) is 17.4. The van der Waals surface area contributed by atoms with E-state index in [1.807, 2.05) is 28.9 Å². The van der Waals surface area contributed by atoms with Gasteiger partial charge in [0, 0.05) is 18.7 Å². The number of urea groups is 1. The van der Waals surface area contributed by atoms with Gasteiger partial charge in [-0.05, 0) is 67.0 Å². The van der Waals surface area contributed by atoms with Gasteiger partial charge in [0.05, 0.1) is 24.1 Å². The second kappa shape index (κ2) is 8.49. The number of H-pyrrole nitrogens is 1. The van der Waals surface area contributed by atoms with Gasteiger partial charge in [-0.3, -0.25) is 0 Å². The van der Waals surface area contributed by atoms with Crippen LogP contribution in [0.5, 0.6) is 5.75 Å². The van der Waals surface area contributed by atoms with E-state index in [2.05, 4.69) is 48.1 Å². The highest BCUT2D eigenvalue weighted by molar-refractivity contribution is 5.82. The number of hydrogen-bond donors (Lipinski definition) is 1. The Labute approximate surface area is 189 Å². The number of carbonyl (C=O) groups excluding carboxylic acids is 1. The molecule has 0 unspecified atom stereocenters. The van der Waals surface area contributed by atoms with Crippen molar-refractivity contribution in [1.82, 2.24) is 19.8 Å². The minimum Gasteiger partial charge on any atom is -0.491 e. The molecular formula is C26H32N4O2. The van der Waals surface area contributed by atoms with Gasteiger partial charge >= 0.3 is 6.03 Å². The van der Waals surface area contributed by atoms with Gasteiger partial charge in [-0.15, -0.1) is 0 Å². The molecule has 0 radical (unpaired) electrons. The zero-order valence-corrected chi connectivity index (χ0v) is 19.2. The largest absolute Gasteiger partial charge is 0.491 e. The molecule has 0 saturated carbocycles. The van der Waals surface area contributed by atoms with Gasteiger partial charge in [-0.25, -0.2) is 9.78 Å². The van der Waals surface area contributed by atoms with Crippen molar-refractivity contribution in [3.8, 4) is 16.9 Å². The first-order valence-electron chi connectivity index (χ1n) is 11.7. The summed E-state index contributed by atoms with van der Waals surface area (Å²) in [5.74, 6) is 3.21. The third-order valence-corrected chi connectivity index (χ3v) is 7.00. The molecule has 3 heterocycles. The number of likely N-dealkylation sites (tertiary alicyclic amines) is 1. The predicted molar refractivity (Wildman–Crippen MR) is 127 cm³/mol. The molecule has 5 rings (SSSR count). The molecule has 1 aromatic heterocycles. The first kappa shape index (κ1) is 20.9. The van der Waals surface area contributed by atoms with Crippen LogP contribution in [0.3, 0.4) is 0 Å². The van der Waals surface area contributed by atoms with E-state index in [0.29, 0.717) is 25.6 Å². The van der Waals surface area contributed by atoms with E-state index in [4.69, 9.17) is 4.74 Å². The summed E-state index contributed by atoms with van der Waals surface area (Å²) in [5, 5.41) is 0. The average molecular weight is 433 g/mol. The minimum atomic E-state index is 0.142. The Balaban J connectivity index is 1.35. The maximum atomic E-state index is 13.3. The van der Waals surface area contributed by atoms with Crippen molar-refractivity contribution in [2.24, 2.45) is 11.8 Å². The Kier molecular flexibility index (Phi) is 5.53. The highest BCUT2D eigenvalue weighted by atomic mass is 16.5. The molecule has 1 N–H and O–H groups in total. The number of piperidine rings is 1. The Morgan fingerprint density at radius 2 is 1.81 bits per heavy atom. The molecule has 32 heavy (non-hydrogen) atoms. The lowest BCUT2D eigenvalue weighted by atomic mass is 9.87. The third kappa shape index (κ3) is 4.06. The van der Waals surface area contributed by atoms with Crippen molar-refractivity contribution in [1.29, 1.82) is 0 Å². The smallest absolute Gasteiger partial charge is 0.320 e. The summed E-state index contributed by atoms with van der Waals surface area (Å²) in [6, 6.07) is 12.7. The molecule has 6 heteroatoms. The summed E-state index contributed by atoms with van der Waals surface area (Å²) in [6.45, 7) is 9.98. The maximum Gasteiger partial charge on any atom is 0.320 e. The van der Waals surface area contributed by atoms with Gasteiger partial charge in [0.1, 0.15) is 18.2 Å². The molecular weight excluding hydrogens is 400 g/mol. The van der Waals surface area contributed by atoms with E-state index in [0.717, 1.165) is 71.1 Å². The zero-order chi connectivity index (χ0) is 22.2. The number of amides is 2. The lowest BCUT2D eigenvalue weighted by Gasteiger charge is -2.36. The van der Waals surface area contributed by atoms with Crippen LogP contribution in [0.1, 0.15) is 38.1 Å². The van der Waals surface area contributed by atoms with E-state index in [1.54, 1.807) is 0 Å². The molecule has 2 amide bonds. The van der Waals surface area contributed by atoms with Crippen LogP contribution < -0.4 is 4.74 Å². The molecule has 0 spiro atoms. The monoisotopic (exact) mass is 432 g/mol. The lowest BCUT2D eigenvalue weighted by Crippen LogP contribution is -2.47. The number of aromatic amines is 1. The highest BCUT2D eigenvalue weighted by Crippen LogP contribution is 2.31. The number of hydrogen-bond acceptors (Lipinski definition) is 3. The van der Waals surface area contributed by atoms with Crippen LogP contribution in [0.25, 0.3) is 22.2 Å². The van der Waals surface area contributed by atoms with Gasteiger partial charge in [0.25, 0.3) is 0 Å². The van der Waals surface area contributed by atoms with Crippen LogP contribution >= 0.6 is 0 Å². The van der Waals surface area contributed by atoms with Crippen LogP contribution in [0, 0.1) is 18.8 Å². The number of aromatic nitrogens is 2. The summed E-state index contributed by atoms with van der Waals surface area (Å²) < 4.78 is 6.00. The minimum absolute atomic E-state index is 0.142. The zero-order valence-electron chi connectivity index (χ0n) is 19.2. The van der Waals surface area contributed by atoms with Crippen LogP contribution in [0.2, 0.25) is 0 Å². The highest BCUT2D eigenvalue weighted by Gasteiger charge is 2.29. The molecule has 6 nitrogen and oxygen atoms in total. The summed E-state index contributed by atoms with van der Waals surface area (Å²) in [4.78, 5) is 25.1. The second-order valence-corrected chi connectivity index (χ2v) is 9.50. The summed E-state index contributed by atoms with van der Waals surface area (Å²) >= 11 is 0. The number of fused-ring (bicyclic) bond motifs is 2. The molecule has 2 aliphatic rings. The van der Waals surface area contributed by atoms with Crippen LogP contribution in [0.15, 0.2) is 36.4 Å². The van der Waals surface area contributed by atoms with Crippen LogP contribution in [-0.2, 0) is 6.54 Å².